The fourth-order valence-corrected chi connectivity index (χ4v) is 4.24. The van der Waals surface area contributed by atoms with Crippen LogP contribution in [0.1, 0.15) is 35.9 Å². The van der Waals surface area contributed by atoms with E-state index >= 15 is 0 Å². The number of fused-ring (bicyclic) bond motifs is 1. The van der Waals surface area contributed by atoms with Gasteiger partial charge in [-0.2, -0.15) is 0 Å². The topological polar surface area (TPSA) is 98.7 Å². The Balaban J connectivity index is 1.69. The minimum Gasteiger partial charge on any atom is -0.395 e. The van der Waals surface area contributed by atoms with E-state index in [4.69, 9.17) is 9.15 Å². The van der Waals surface area contributed by atoms with E-state index in [0.29, 0.717) is 18.3 Å². The van der Waals surface area contributed by atoms with Gasteiger partial charge in [-0.1, -0.05) is 24.3 Å². The zero-order chi connectivity index (χ0) is 19.7. The van der Waals surface area contributed by atoms with Crippen molar-refractivity contribution in [2.75, 3.05) is 18.1 Å². The lowest BCUT2D eigenvalue weighted by molar-refractivity contribution is -0.402. The normalized spacial score (nSPS) is 16.5. The smallest absolute Gasteiger partial charge is 0.395 e. The zero-order valence-electron chi connectivity index (χ0n) is 15.3. The number of hydrogen-bond donors (Lipinski definition) is 0. The van der Waals surface area contributed by atoms with Crippen LogP contribution < -0.4 is 4.90 Å². The Kier molecular flexibility index (Phi) is 5.10. The fourth-order valence-electron chi connectivity index (χ4n) is 3.21. The van der Waals surface area contributed by atoms with Crippen LogP contribution in [0.4, 0.5) is 11.0 Å². The van der Waals surface area contributed by atoms with E-state index < -0.39 is 16.7 Å². The van der Waals surface area contributed by atoms with Crippen LogP contribution in [0.2, 0.25) is 0 Å². The molecule has 9 heteroatoms. The van der Waals surface area contributed by atoms with Gasteiger partial charge in [-0.05, 0) is 43.0 Å². The number of nitrogens with zero attached hydrogens (tertiary/aromatic N) is 3. The SMILES string of the molecule is CCc1ccc2nc(N(CC3CCCO3)C(=O)c3ccc([N+](=O)[O-])o3)sc2c1. The number of rotatable bonds is 6. The summed E-state index contributed by atoms with van der Waals surface area (Å²) >= 11 is 1.42. The Labute approximate surface area is 164 Å². The number of anilines is 1. The molecule has 1 saturated heterocycles. The number of amides is 1. The van der Waals surface area contributed by atoms with Gasteiger partial charge in [0.05, 0.1) is 28.9 Å². The molecule has 2 aromatic heterocycles. The summed E-state index contributed by atoms with van der Waals surface area (Å²) in [4.78, 5) is 29.4. The number of ether oxygens (including phenoxy) is 1. The maximum Gasteiger partial charge on any atom is 0.433 e. The van der Waals surface area contributed by atoms with Crippen LogP contribution in [-0.4, -0.2) is 35.1 Å². The van der Waals surface area contributed by atoms with Crippen LogP contribution in [-0.2, 0) is 11.2 Å². The Morgan fingerprint density at radius 2 is 2.25 bits per heavy atom. The van der Waals surface area contributed by atoms with Crippen LogP contribution in [0.3, 0.4) is 0 Å². The largest absolute Gasteiger partial charge is 0.433 e. The molecule has 4 rings (SSSR count). The molecule has 0 radical (unpaired) electrons. The highest BCUT2D eigenvalue weighted by atomic mass is 32.1. The summed E-state index contributed by atoms with van der Waals surface area (Å²) < 4.78 is 11.8. The number of aromatic nitrogens is 1. The molecule has 0 saturated carbocycles. The summed E-state index contributed by atoms with van der Waals surface area (Å²) in [7, 11) is 0. The van der Waals surface area contributed by atoms with Gasteiger partial charge in [0.15, 0.2) is 10.9 Å². The Bertz CT molecular complexity index is 1020. The van der Waals surface area contributed by atoms with Gasteiger partial charge in [0, 0.05) is 6.61 Å². The summed E-state index contributed by atoms with van der Waals surface area (Å²) in [6.45, 7) is 3.08. The third-order valence-corrected chi connectivity index (χ3v) is 5.76. The summed E-state index contributed by atoms with van der Waals surface area (Å²) in [6, 6.07) is 8.55. The van der Waals surface area contributed by atoms with E-state index in [1.165, 1.54) is 33.9 Å². The Hall–Kier alpha value is -2.78. The first kappa shape index (κ1) is 18.6. The highest BCUT2D eigenvalue weighted by molar-refractivity contribution is 7.22. The van der Waals surface area contributed by atoms with Crippen LogP contribution in [0.25, 0.3) is 10.2 Å². The van der Waals surface area contributed by atoms with Crippen molar-refractivity contribution in [3.05, 3.63) is 51.8 Å². The molecule has 1 aliphatic rings. The third-order valence-electron chi connectivity index (χ3n) is 4.72. The van der Waals surface area contributed by atoms with Crippen molar-refractivity contribution in [2.24, 2.45) is 0 Å². The number of furan rings is 1. The van der Waals surface area contributed by atoms with Crippen molar-refractivity contribution in [1.82, 2.24) is 4.98 Å². The number of carbonyl (C=O) groups is 1. The van der Waals surface area contributed by atoms with E-state index in [1.54, 1.807) is 0 Å². The van der Waals surface area contributed by atoms with Gasteiger partial charge in [0.2, 0.25) is 0 Å². The first-order chi connectivity index (χ1) is 13.5. The van der Waals surface area contributed by atoms with E-state index in [0.717, 1.165) is 29.5 Å². The van der Waals surface area contributed by atoms with Gasteiger partial charge in [-0.25, -0.2) is 4.98 Å². The molecular formula is C19H19N3O5S. The third kappa shape index (κ3) is 3.63. The molecule has 0 bridgehead atoms. The molecular weight excluding hydrogens is 382 g/mol. The molecule has 28 heavy (non-hydrogen) atoms. The molecule has 1 aliphatic heterocycles. The molecule has 8 nitrogen and oxygen atoms in total. The molecule has 1 amide bonds. The zero-order valence-corrected chi connectivity index (χ0v) is 16.1. The number of aryl methyl sites for hydroxylation is 1. The highest BCUT2D eigenvalue weighted by Crippen LogP contribution is 2.32. The first-order valence-corrected chi connectivity index (χ1v) is 9.94. The van der Waals surface area contributed by atoms with E-state index in [1.807, 2.05) is 12.1 Å². The van der Waals surface area contributed by atoms with E-state index in [2.05, 4.69) is 18.0 Å². The van der Waals surface area contributed by atoms with Crippen LogP contribution in [0.5, 0.6) is 0 Å². The standard InChI is InChI=1S/C19H19N3O5S/c1-2-12-5-6-14-16(10-12)28-19(20-14)21(11-13-4-3-9-26-13)18(23)15-7-8-17(27-15)22(24)25/h5-8,10,13H,2-4,9,11H2,1H3. The number of thiazole rings is 1. The Morgan fingerprint density at radius 3 is 2.93 bits per heavy atom. The number of carbonyl (C=O) groups excluding carboxylic acids is 1. The Morgan fingerprint density at radius 1 is 1.39 bits per heavy atom. The summed E-state index contributed by atoms with van der Waals surface area (Å²) in [5.41, 5.74) is 2.01. The van der Waals surface area contributed by atoms with Crippen molar-refractivity contribution >= 4 is 38.5 Å². The van der Waals surface area contributed by atoms with Crippen LogP contribution in [0.15, 0.2) is 34.7 Å². The summed E-state index contributed by atoms with van der Waals surface area (Å²) in [6.07, 6.45) is 2.62. The lowest BCUT2D eigenvalue weighted by Gasteiger charge is -2.21. The van der Waals surface area contributed by atoms with Crippen LogP contribution >= 0.6 is 11.3 Å². The van der Waals surface area contributed by atoms with Gasteiger partial charge in [0.1, 0.15) is 4.92 Å². The minimum atomic E-state index is -0.662. The summed E-state index contributed by atoms with van der Waals surface area (Å²) in [5, 5.41) is 11.4. The number of hydrogen-bond acceptors (Lipinski definition) is 7. The fraction of sp³-hybridized carbons (Fsp3) is 0.368. The van der Waals surface area contributed by atoms with Crippen molar-refractivity contribution in [3.63, 3.8) is 0 Å². The van der Waals surface area contributed by atoms with Crippen molar-refractivity contribution in [3.8, 4) is 0 Å². The maximum atomic E-state index is 13.1. The molecule has 1 unspecified atom stereocenters. The van der Waals surface area contributed by atoms with Gasteiger partial charge in [0.25, 0.3) is 5.91 Å². The van der Waals surface area contributed by atoms with E-state index in [-0.39, 0.29) is 11.9 Å². The molecule has 146 valence electrons. The first-order valence-electron chi connectivity index (χ1n) is 9.12. The number of nitro groups is 1. The molecule has 0 N–H and O–H groups in total. The van der Waals surface area contributed by atoms with E-state index in [9.17, 15) is 14.9 Å². The predicted octanol–water partition coefficient (Wildman–Crippen LogP) is 4.19. The second kappa shape index (κ2) is 7.69. The molecule has 1 atom stereocenters. The lowest BCUT2D eigenvalue weighted by atomic mass is 10.2. The minimum absolute atomic E-state index is 0.0850. The quantitative estimate of drug-likeness (QED) is 0.454. The van der Waals surface area contributed by atoms with Crippen molar-refractivity contribution in [1.29, 1.82) is 0 Å². The average molecular weight is 401 g/mol. The second-order valence-electron chi connectivity index (χ2n) is 6.60. The molecule has 0 spiro atoms. The molecule has 1 aromatic carbocycles. The maximum absolute atomic E-state index is 13.1. The monoisotopic (exact) mass is 401 g/mol. The molecule has 1 fully saturated rings. The van der Waals surface area contributed by atoms with Gasteiger partial charge < -0.3 is 9.15 Å². The predicted molar refractivity (Wildman–Crippen MR) is 105 cm³/mol. The van der Waals surface area contributed by atoms with Crippen molar-refractivity contribution < 1.29 is 18.9 Å². The van der Waals surface area contributed by atoms with Crippen molar-refractivity contribution in [2.45, 2.75) is 32.3 Å². The number of benzene rings is 1. The molecule has 0 aliphatic carbocycles. The molecule has 3 aromatic rings. The average Bonchev–Trinajstić information content (AvgIpc) is 3.45. The highest BCUT2D eigenvalue weighted by Gasteiger charge is 2.29. The molecule has 3 heterocycles. The lowest BCUT2D eigenvalue weighted by Crippen LogP contribution is -2.37. The van der Waals surface area contributed by atoms with Gasteiger partial charge in [-0.3, -0.25) is 19.8 Å². The van der Waals surface area contributed by atoms with Crippen LogP contribution in [0, 0.1) is 10.1 Å². The van der Waals surface area contributed by atoms with Gasteiger partial charge in [-0.15, -0.1) is 0 Å². The van der Waals surface area contributed by atoms with Gasteiger partial charge >= 0.3 is 5.88 Å². The summed E-state index contributed by atoms with van der Waals surface area (Å²) in [5.74, 6) is -1.01. The second-order valence-corrected chi connectivity index (χ2v) is 7.61.